The fourth-order valence-corrected chi connectivity index (χ4v) is 6.10. The lowest BCUT2D eigenvalue weighted by atomic mass is 9.71. The molecule has 3 fully saturated rings. The molecule has 0 bridgehead atoms. The van der Waals surface area contributed by atoms with Gasteiger partial charge in [-0.3, -0.25) is 4.79 Å². The third-order valence-electron chi connectivity index (χ3n) is 7.99. The summed E-state index contributed by atoms with van der Waals surface area (Å²) >= 11 is 0. The minimum absolute atomic E-state index is 0. The maximum absolute atomic E-state index is 14.8. The van der Waals surface area contributed by atoms with Gasteiger partial charge in [0.15, 0.2) is 5.82 Å². The molecule has 2 saturated heterocycles. The SMILES string of the molecule is C[C@@H]1CN(C(=O)[C@@H]2CN(c3cccnn3)C[C@H]2c2ccc(F)cc2F)C[C@H](C)C1(O)C1CC1.Cl. The molecule has 1 N–H and O–H groups in total. The zero-order chi connectivity index (χ0) is 23.3. The molecule has 3 heterocycles. The highest BCUT2D eigenvalue weighted by molar-refractivity contribution is 5.85. The molecule has 34 heavy (non-hydrogen) atoms. The number of rotatable bonds is 4. The van der Waals surface area contributed by atoms with Crippen LogP contribution in [0.25, 0.3) is 0 Å². The molecule has 6 nitrogen and oxygen atoms in total. The largest absolute Gasteiger partial charge is 0.389 e. The van der Waals surface area contributed by atoms with E-state index in [1.807, 2.05) is 29.7 Å². The van der Waals surface area contributed by atoms with Crippen molar-refractivity contribution in [1.82, 2.24) is 15.1 Å². The number of halogens is 3. The highest BCUT2D eigenvalue weighted by Crippen LogP contribution is 2.50. The maximum Gasteiger partial charge on any atom is 0.228 e. The summed E-state index contributed by atoms with van der Waals surface area (Å²) in [6, 6.07) is 7.16. The Hall–Kier alpha value is -2.32. The average Bonchev–Trinajstić information content (AvgIpc) is 3.57. The number of hydrogen-bond acceptors (Lipinski definition) is 5. The van der Waals surface area contributed by atoms with Gasteiger partial charge >= 0.3 is 0 Å². The second kappa shape index (κ2) is 9.38. The van der Waals surface area contributed by atoms with Crippen molar-refractivity contribution in [1.29, 1.82) is 0 Å². The van der Waals surface area contributed by atoms with E-state index >= 15 is 0 Å². The van der Waals surface area contributed by atoms with E-state index in [0.717, 1.165) is 18.9 Å². The Kier molecular flexibility index (Phi) is 6.84. The van der Waals surface area contributed by atoms with Crippen LogP contribution in [0.15, 0.2) is 36.5 Å². The van der Waals surface area contributed by atoms with Crippen LogP contribution in [0.1, 0.15) is 38.2 Å². The Morgan fingerprint density at radius 2 is 1.79 bits per heavy atom. The van der Waals surface area contributed by atoms with Crippen LogP contribution < -0.4 is 4.90 Å². The lowest BCUT2D eigenvalue weighted by Gasteiger charge is -2.49. The molecule has 184 valence electrons. The summed E-state index contributed by atoms with van der Waals surface area (Å²) in [4.78, 5) is 17.6. The number of aliphatic hydroxyl groups is 1. The molecule has 5 atom stereocenters. The van der Waals surface area contributed by atoms with Gasteiger partial charge in [-0.1, -0.05) is 19.9 Å². The summed E-state index contributed by atoms with van der Waals surface area (Å²) in [5, 5.41) is 19.5. The normalized spacial score (nSPS) is 31.3. The number of aromatic nitrogens is 2. The quantitative estimate of drug-likeness (QED) is 0.705. The second-order valence-electron chi connectivity index (χ2n) is 10.1. The Morgan fingerprint density at radius 1 is 1.09 bits per heavy atom. The van der Waals surface area contributed by atoms with Crippen LogP contribution in [0.5, 0.6) is 0 Å². The van der Waals surface area contributed by atoms with Crippen LogP contribution in [0.4, 0.5) is 14.6 Å². The standard InChI is InChI=1S/C25H30F2N4O2.ClH/c1-15-11-31(12-16(2)25(15,33)17-5-6-17)24(32)21-14-30(23-4-3-9-28-29-23)13-20(21)19-8-7-18(26)10-22(19)27;/h3-4,7-10,15-17,20-21,33H,5-6,11-14H2,1-2H3;1H/t15-,16+,20-,21+,25?;/m0./s1. The van der Waals surface area contributed by atoms with Gasteiger partial charge in [0.1, 0.15) is 11.6 Å². The third-order valence-corrected chi connectivity index (χ3v) is 7.99. The average molecular weight is 493 g/mol. The van der Waals surface area contributed by atoms with E-state index in [9.17, 15) is 18.7 Å². The van der Waals surface area contributed by atoms with Gasteiger partial charge in [0.2, 0.25) is 5.91 Å². The predicted octanol–water partition coefficient (Wildman–Crippen LogP) is 3.65. The topological polar surface area (TPSA) is 69.6 Å². The van der Waals surface area contributed by atoms with Crippen molar-refractivity contribution in [2.75, 3.05) is 31.1 Å². The van der Waals surface area contributed by atoms with Crippen molar-refractivity contribution < 1.29 is 18.7 Å². The molecule has 1 aromatic heterocycles. The first-order valence-electron chi connectivity index (χ1n) is 11.8. The first kappa shape index (κ1) is 24.8. The van der Waals surface area contributed by atoms with Crippen molar-refractivity contribution in [2.24, 2.45) is 23.7 Å². The van der Waals surface area contributed by atoms with Crippen LogP contribution in [-0.4, -0.2) is 57.9 Å². The summed E-state index contributed by atoms with van der Waals surface area (Å²) in [5.74, 6) is -1.38. The molecular formula is C25H31ClF2N4O2. The van der Waals surface area contributed by atoms with Gasteiger partial charge in [0.05, 0.1) is 11.5 Å². The van der Waals surface area contributed by atoms with E-state index in [0.29, 0.717) is 43.5 Å². The van der Waals surface area contributed by atoms with E-state index in [4.69, 9.17) is 0 Å². The second-order valence-corrected chi connectivity index (χ2v) is 10.1. The number of piperidine rings is 1. The summed E-state index contributed by atoms with van der Waals surface area (Å²) in [6.07, 6.45) is 3.67. The molecule has 0 spiro atoms. The number of likely N-dealkylation sites (tertiary alicyclic amines) is 1. The summed E-state index contributed by atoms with van der Waals surface area (Å²) in [7, 11) is 0. The summed E-state index contributed by atoms with van der Waals surface area (Å²) in [6.45, 7) is 5.78. The van der Waals surface area contributed by atoms with E-state index in [2.05, 4.69) is 10.2 Å². The van der Waals surface area contributed by atoms with E-state index in [1.54, 1.807) is 12.3 Å². The van der Waals surface area contributed by atoms with E-state index < -0.39 is 29.1 Å². The zero-order valence-electron chi connectivity index (χ0n) is 19.4. The molecule has 2 aromatic rings. The lowest BCUT2D eigenvalue weighted by molar-refractivity contribution is -0.154. The molecule has 0 radical (unpaired) electrons. The fourth-order valence-electron chi connectivity index (χ4n) is 6.10. The molecule has 1 aliphatic carbocycles. The molecule has 5 rings (SSSR count). The Labute approximate surface area is 204 Å². The molecule has 1 saturated carbocycles. The van der Waals surface area contributed by atoms with Crippen LogP contribution in [0, 0.1) is 35.3 Å². The molecule has 1 amide bonds. The van der Waals surface area contributed by atoms with Gasteiger partial charge in [0.25, 0.3) is 0 Å². The van der Waals surface area contributed by atoms with Crippen molar-refractivity contribution >= 4 is 24.1 Å². The molecule has 3 aliphatic rings. The van der Waals surface area contributed by atoms with Gasteiger partial charge in [-0.05, 0) is 42.5 Å². The number of amides is 1. The van der Waals surface area contributed by atoms with Crippen LogP contribution in [0.2, 0.25) is 0 Å². The van der Waals surface area contributed by atoms with Crippen molar-refractivity contribution in [3.8, 4) is 0 Å². The minimum Gasteiger partial charge on any atom is -0.389 e. The number of nitrogens with zero attached hydrogens (tertiary/aromatic N) is 4. The van der Waals surface area contributed by atoms with Crippen LogP contribution in [-0.2, 0) is 4.79 Å². The first-order valence-corrected chi connectivity index (χ1v) is 11.8. The van der Waals surface area contributed by atoms with Gasteiger partial charge in [-0.15, -0.1) is 17.5 Å². The van der Waals surface area contributed by atoms with Gasteiger partial charge < -0.3 is 14.9 Å². The Balaban J connectivity index is 0.00000274. The third kappa shape index (κ3) is 4.26. The predicted molar refractivity (Wildman–Crippen MR) is 127 cm³/mol. The van der Waals surface area contributed by atoms with Crippen molar-refractivity contribution in [3.05, 3.63) is 53.7 Å². The monoisotopic (exact) mass is 492 g/mol. The number of carbonyl (C=O) groups is 1. The molecular weight excluding hydrogens is 462 g/mol. The minimum atomic E-state index is -0.736. The van der Waals surface area contributed by atoms with E-state index in [-0.39, 0.29) is 30.2 Å². The summed E-state index contributed by atoms with van der Waals surface area (Å²) < 4.78 is 28.4. The van der Waals surface area contributed by atoms with E-state index in [1.165, 1.54) is 12.1 Å². The number of anilines is 1. The fraction of sp³-hybridized carbons (Fsp3) is 0.560. The maximum atomic E-state index is 14.8. The number of carbonyl (C=O) groups excluding carboxylic acids is 1. The van der Waals surface area contributed by atoms with Crippen LogP contribution in [0.3, 0.4) is 0 Å². The molecule has 1 aromatic carbocycles. The lowest BCUT2D eigenvalue weighted by Crippen LogP contribution is -2.59. The van der Waals surface area contributed by atoms with Gasteiger partial charge in [0, 0.05) is 56.2 Å². The Morgan fingerprint density at radius 3 is 2.38 bits per heavy atom. The molecule has 9 heteroatoms. The number of benzene rings is 1. The molecule has 1 unspecified atom stereocenters. The van der Waals surface area contributed by atoms with Crippen molar-refractivity contribution in [3.63, 3.8) is 0 Å². The zero-order valence-corrected chi connectivity index (χ0v) is 20.2. The van der Waals surface area contributed by atoms with Crippen LogP contribution >= 0.6 is 12.4 Å². The Bertz CT molecular complexity index is 1030. The molecule has 2 aliphatic heterocycles. The smallest absolute Gasteiger partial charge is 0.228 e. The van der Waals surface area contributed by atoms with Gasteiger partial charge in [-0.2, -0.15) is 5.10 Å². The number of hydrogen-bond donors (Lipinski definition) is 1. The van der Waals surface area contributed by atoms with Crippen molar-refractivity contribution in [2.45, 2.75) is 38.2 Å². The summed E-state index contributed by atoms with van der Waals surface area (Å²) in [5.41, 5.74) is -0.394. The highest BCUT2D eigenvalue weighted by atomic mass is 35.5. The first-order chi connectivity index (χ1) is 15.8. The van der Waals surface area contributed by atoms with Gasteiger partial charge in [-0.25, -0.2) is 8.78 Å². The highest BCUT2D eigenvalue weighted by Gasteiger charge is 2.55.